The van der Waals surface area contributed by atoms with Crippen LogP contribution in [0.4, 0.5) is 0 Å². The van der Waals surface area contributed by atoms with Gasteiger partial charge in [0.25, 0.3) is 0 Å². The van der Waals surface area contributed by atoms with Gasteiger partial charge in [0.1, 0.15) is 11.9 Å². The number of rotatable bonds is 8. The third-order valence-corrected chi connectivity index (χ3v) is 9.26. The minimum atomic E-state index is -1.25. The molecule has 6 nitrogen and oxygen atoms in total. The van der Waals surface area contributed by atoms with E-state index in [1.165, 1.54) is 0 Å². The summed E-state index contributed by atoms with van der Waals surface area (Å²) in [6, 6.07) is 3.97. The second-order valence-electron chi connectivity index (χ2n) is 14.5. The van der Waals surface area contributed by atoms with Gasteiger partial charge < -0.3 is 19.8 Å². The van der Waals surface area contributed by atoms with Gasteiger partial charge in [-0.25, -0.2) is 0 Å². The van der Waals surface area contributed by atoms with Crippen LogP contribution in [0.5, 0.6) is 5.75 Å². The topological polar surface area (TPSA) is 87.1 Å². The molecular formula is C32H53NO5. The highest BCUT2D eigenvalue weighted by atomic mass is 16.5. The number of phenols is 1. The van der Waals surface area contributed by atoms with E-state index in [1.807, 2.05) is 19.1 Å². The van der Waals surface area contributed by atoms with Crippen molar-refractivity contribution >= 4 is 11.9 Å². The summed E-state index contributed by atoms with van der Waals surface area (Å²) in [4.78, 5) is 28.5. The summed E-state index contributed by atoms with van der Waals surface area (Å²) in [6.07, 6.45) is 2.08. The fourth-order valence-corrected chi connectivity index (χ4v) is 5.77. The van der Waals surface area contributed by atoms with Crippen molar-refractivity contribution in [2.24, 2.45) is 17.3 Å². The van der Waals surface area contributed by atoms with Gasteiger partial charge in [0.15, 0.2) is 5.92 Å². The normalized spacial score (nSPS) is 21.5. The molecule has 38 heavy (non-hydrogen) atoms. The highest BCUT2D eigenvalue weighted by Gasteiger charge is 2.51. The lowest BCUT2D eigenvalue weighted by Crippen LogP contribution is -2.62. The molecule has 216 valence electrons. The van der Waals surface area contributed by atoms with Crippen molar-refractivity contribution in [3.8, 4) is 5.75 Å². The summed E-state index contributed by atoms with van der Waals surface area (Å²) in [7, 11) is 2.08. The summed E-state index contributed by atoms with van der Waals surface area (Å²) in [5, 5.41) is 21.4. The van der Waals surface area contributed by atoms with Crippen LogP contribution < -0.4 is 0 Å². The molecule has 1 fully saturated rings. The molecule has 0 spiro atoms. The van der Waals surface area contributed by atoms with Gasteiger partial charge in [-0.2, -0.15) is 0 Å². The monoisotopic (exact) mass is 531 g/mol. The molecule has 0 bridgehead atoms. The van der Waals surface area contributed by atoms with Crippen molar-refractivity contribution in [2.75, 3.05) is 13.6 Å². The van der Waals surface area contributed by atoms with Crippen LogP contribution in [0.2, 0.25) is 0 Å². The van der Waals surface area contributed by atoms with Gasteiger partial charge in [0.05, 0.1) is 0 Å². The van der Waals surface area contributed by atoms with Gasteiger partial charge >= 0.3 is 11.9 Å². The number of hydrogen-bond acceptors (Lipinski definition) is 5. The zero-order valence-corrected chi connectivity index (χ0v) is 26.0. The summed E-state index contributed by atoms with van der Waals surface area (Å²) in [5.74, 6) is -3.15. The van der Waals surface area contributed by atoms with E-state index in [0.717, 1.165) is 29.7 Å². The molecule has 1 aliphatic rings. The number of ether oxygens (including phenoxy) is 1. The van der Waals surface area contributed by atoms with E-state index in [4.69, 9.17) is 4.74 Å². The zero-order valence-electron chi connectivity index (χ0n) is 26.0. The van der Waals surface area contributed by atoms with E-state index in [1.54, 1.807) is 0 Å². The molecule has 0 aliphatic carbocycles. The largest absolute Gasteiger partial charge is 0.507 e. The van der Waals surface area contributed by atoms with Gasteiger partial charge in [-0.3, -0.25) is 9.59 Å². The van der Waals surface area contributed by atoms with Crippen molar-refractivity contribution in [1.82, 2.24) is 4.90 Å². The van der Waals surface area contributed by atoms with Gasteiger partial charge in [-0.15, -0.1) is 0 Å². The maximum absolute atomic E-state index is 13.6. The number of benzene rings is 1. The van der Waals surface area contributed by atoms with Crippen LogP contribution in [-0.2, 0) is 31.6 Å². The van der Waals surface area contributed by atoms with Crippen LogP contribution in [0, 0.1) is 17.3 Å². The number of aromatic hydroxyl groups is 1. The lowest BCUT2D eigenvalue weighted by molar-refractivity contribution is -0.182. The van der Waals surface area contributed by atoms with Crippen LogP contribution in [-0.4, -0.2) is 52.3 Å². The Balaban J connectivity index is 2.47. The van der Waals surface area contributed by atoms with Crippen LogP contribution in [0.3, 0.4) is 0 Å². The Bertz CT molecular complexity index is 977. The van der Waals surface area contributed by atoms with Crippen molar-refractivity contribution in [1.29, 1.82) is 0 Å². The maximum Gasteiger partial charge on any atom is 0.320 e. The number of carbonyl (C=O) groups excluding carboxylic acids is 1. The van der Waals surface area contributed by atoms with Crippen LogP contribution in [0.1, 0.15) is 112 Å². The van der Waals surface area contributed by atoms with Gasteiger partial charge in [-0.05, 0) is 73.6 Å². The number of esters is 1. The molecule has 2 rings (SSSR count). The van der Waals surface area contributed by atoms with E-state index >= 15 is 0 Å². The molecule has 3 unspecified atom stereocenters. The quantitative estimate of drug-likeness (QED) is 0.287. The number of nitrogens with zero attached hydrogens (tertiary/aromatic N) is 1. The third kappa shape index (κ3) is 6.55. The molecule has 6 heteroatoms. The smallest absolute Gasteiger partial charge is 0.320 e. The number of carboxylic acid groups (broad SMARTS) is 1. The van der Waals surface area contributed by atoms with Gasteiger partial charge in [-0.1, -0.05) is 80.9 Å². The minimum Gasteiger partial charge on any atom is -0.507 e. The van der Waals surface area contributed by atoms with Gasteiger partial charge in [0, 0.05) is 17.5 Å². The Morgan fingerprint density at radius 2 is 1.55 bits per heavy atom. The first kappa shape index (κ1) is 32.1. The Morgan fingerprint density at radius 1 is 1.05 bits per heavy atom. The predicted octanol–water partition coefficient (Wildman–Crippen LogP) is 6.70. The molecular weight excluding hydrogens is 478 g/mol. The highest BCUT2D eigenvalue weighted by Crippen LogP contribution is 2.45. The standard InChI is InChI=1S/C32H53NO5/c1-13-14-21(17-20-18-22(29(2,3)4)26(34)23(19-20)30(5,6)7)25(27(35)36)28(37)38-24-15-16-33(12)32(10,11)31(24,8)9/h18-19,21,24-25,34H,13-17H2,1-12H3,(H,35,36). The first-order chi connectivity index (χ1) is 17.2. The average Bonchev–Trinajstić information content (AvgIpc) is 2.74. The molecule has 3 atom stereocenters. The number of carboxylic acids is 1. The first-order valence-electron chi connectivity index (χ1n) is 14.2. The molecule has 0 aromatic heterocycles. The first-order valence-corrected chi connectivity index (χ1v) is 14.2. The number of carbonyl (C=O) groups is 2. The van der Waals surface area contributed by atoms with Crippen molar-refractivity contribution in [2.45, 2.75) is 124 Å². The molecule has 1 aliphatic heterocycles. The predicted molar refractivity (Wildman–Crippen MR) is 154 cm³/mol. The second-order valence-corrected chi connectivity index (χ2v) is 14.5. The molecule has 0 radical (unpaired) electrons. The minimum absolute atomic E-state index is 0.212. The molecule has 1 aromatic rings. The summed E-state index contributed by atoms with van der Waals surface area (Å²) >= 11 is 0. The van der Waals surface area contributed by atoms with Crippen LogP contribution in [0.25, 0.3) is 0 Å². The molecule has 0 amide bonds. The van der Waals surface area contributed by atoms with Crippen LogP contribution in [0.15, 0.2) is 12.1 Å². The van der Waals surface area contributed by atoms with Crippen molar-refractivity contribution < 1.29 is 24.5 Å². The fraction of sp³-hybridized carbons (Fsp3) is 0.750. The molecule has 2 N–H and O–H groups in total. The Morgan fingerprint density at radius 3 is 1.97 bits per heavy atom. The number of hydrogen-bond donors (Lipinski definition) is 2. The summed E-state index contributed by atoms with van der Waals surface area (Å²) in [5.41, 5.74) is 1.46. The van der Waals surface area contributed by atoms with Crippen LogP contribution >= 0.6 is 0 Å². The van der Waals surface area contributed by atoms with E-state index in [0.29, 0.717) is 25.0 Å². The maximum atomic E-state index is 13.6. The Kier molecular flexibility index (Phi) is 9.46. The lowest BCUT2D eigenvalue weighted by Gasteiger charge is -2.55. The summed E-state index contributed by atoms with van der Waals surface area (Å²) in [6.45, 7) is 23.6. The molecule has 1 aromatic carbocycles. The highest BCUT2D eigenvalue weighted by molar-refractivity contribution is 5.94. The SMILES string of the molecule is CCCC(Cc1cc(C(C)(C)C)c(O)c(C(C)(C)C)c1)C(C(=O)O)C(=O)OC1CCN(C)C(C)(C)C1(C)C. The second kappa shape index (κ2) is 11.2. The molecule has 1 heterocycles. The third-order valence-electron chi connectivity index (χ3n) is 9.26. The van der Waals surface area contributed by atoms with E-state index < -0.39 is 23.8 Å². The zero-order chi connectivity index (χ0) is 29.4. The fourth-order valence-electron chi connectivity index (χ4n) is 5.77. The Hall–Kier alpha value is -2.08. The van der Waals surface area contributed by atoms with E-state index in [9.17, 15) is 19.8 Å². The lowest BCUT2D eigenvalue weighted by atomic mass is 9.66. The number of likely N-dealkylation sites (tertiary alicyclic amines) is 1. The van der Waals surface area contributed by atoms with Crippen molar-refractivity contribution in [3.05, 3.63) is 28.8 Å². The molecule has 0 saturated carbocycles. The van der Waals surface area contributed by atoms with Crippen molar-refractivity contribution in [3.63, 3.8) is 0 Å². The number of piperidine rings is 1. The number of aliphatic carboxylic acids is 1. The van der Waals surface area contributed by atoms with Gasteiger partial charge in [0.2, 0.25) is 0 Å². The molecule has 1 saturated heterocycles. The Labute approximate surface area is 231 Å². The average molecular weight is 532 g/mol. The van der Waals surface area contributed by atoms with E-state index in [-0.39, 0.29) is 27.9 Å². The number of phenolic OH excluding ortho intramolecular Hbond substituents is 1. The van der Waals surface area contributed by atoms with E-state index in [2.05, 4.69) is 81.2 Å². The summed E-state index contributed by atoms with van der Waals surface area (Å²) < 4.78 is 6.07.